The molecule has 2 atom stereocenters. The highest BCUT2D eigenvalue weighted by molar-refractivity contribution is 5.80. The fourth-order valence-corrected chi connectivity index (χ4v) is 5.58. The van der Waals surface area contributed by atoms with Crippen LogP contribution in [0, 0.1) is 23.2 Å². The van der Waals surface area contributed by atoms with E-state index in [4.69, 9.17) is 0 Å². The molecule has 3 heteroatoms. The van der Waals surface area contributed by atoms with Crippen molar-refractivity contribution in [1.29, 1.82) is 0 Å². The van der Waals surface area contributed by atoms with Crippen molar-refractivity contribution < 1.29 is 4.79 Å². The monoisotopic (exact) mass is 362 g/mol. The molecule has 0 bridgehead atoms. The third kappa shape index (κ3) is 4.52. The van der Waals surface area contributed by atoms with Gasteiger partial charge in [0.1, 0.15) is 5.78 Å². The van der Waals surface area contributed by atoms with Gasteiger partial charge in [-0.05, 0) is 75.4 Å². The smallest absolute Gasteiger partial charge is 0.135 e. The van der Waals surface area contributed by atoms with Crippen molar-refractivity contribution in [2.45, 2.75) is 85.1 Å². The van der Waals surface area contributed by atoms with Gasteiger partial charge in [-0.2, -0.15) is 0 Å². The molecule has 26 heavy (non-hydrogen) atoms. The first kappa shape index (κ1) is 20.3. The Hall–Kier alpha value is -0.410. The van der Waals surface area contributed by atoms with Gasteiger partial charge in [-0.3, -0.25) is 9.69 Å². The SMILES string of the molecule is CCC(C)C(=O)CCCN1CCC(N2CC3(CC(C(C)CC)C3)C2)CC1. The number of carbonyl (C=O) groups is 1. The molecule has 1 saturated carbocycles. The summed E-state index contributed by atoms with van der Waals surface area (Å²) in [7, 11) is 0. The van der Waals surface area contributed by atoms with Crippen molar-refractivity contribution in [2.75, 3.05) is 32.7 Å². The quantitative estimate of drug-likeness (QED) is 0.599. The number of carbonyl (C=O) groups excluding carboxylic acids is 1. The maximum Gasteiger partial charge on any atom is 0.135 e. The van der Waals surface area contributed by atoms with Crippen molar-refractivity contribution in [3.63, 3.8) is 0 Å². The largest absolute Gasteiger partial charge is 0.303 e. The summed E-state index contributed by atoms with van der Waals surface area (Å²) in [5, 5.41) is 0. The van der Waals surface area contributed by atoms with E-state index in [0.717, 1.165) is 49.1 Å². The third-order valence-electron chi connectivity index (χ3n) is 8.05. The molecule has 3 fully saturated rings. The lowest BCUT2D eigenvalue weighted by Crippen LogP contribution is -2.66. The fraction of sp³-hybridized carbons (Fsp3) is 0.957. The van der Waals surface area contributed by atoms with E-state index in [1.165, 1.54) is 58.3 Å². The molecule has 2 unspecified atom stereocenters. The second-order valence-corrected chi connectivity index (χ2v) is 9.91. The van der Waals surface area contributed by atoms with E-state index >= 15 is 0 Å². The first-order chi connectivity index (χ1) is 12.5. The second kappa shape index (κ2) is 8.73. The molecule has 0 amide bonds. The van der Waals surface area contributed by atoms with Gasteiger partial charge in [0, 0.05) is 31.5 Å². The minimum absolute atomic E-state index is 0.255. The molecule has 2 saturated heterocycles. The molecule has 1 spiro atoms. The molecule has 0 radical (unpaired) electrons. The van der Waals surface area contributed by atoms with Crippen LogP contribution in [0.2, 0.25) is 0 Å². The van der Waals surface area contributed by atoms with Crippen molar-refractivity contribution in [3.8, 4) is 0 Å². The highest BCUT2D eigenvalue weighted by atomic mass is 16.1. The number of hydrogen-bond donors (Lipinski definition) is 0. The Kier molecular flexibility index (Phi) is 6.83. The Morgan fingerprint density at radius 2 is 1.73 bits per heavy atom. The van der Waals surface area contributed by atoms with Gasteiger partial charge in [0.25, 0.3) is 0 Å². The number of likely N-dealkylation sites (tertiary alicyclic amines) is 2. The van der Waals surface area contributed by atoms with Crippen LogP contribution in [-0.2, 0) is 4.79 Å². The van der Waals surface area contributed by atoms with Crippen LogP contribution >= 0.6 is 0 Å². The van der Waals surface area contributed by atoms with Crippen LogP contribution in [0.3, 0.4) is 0 Å². The highest BCUT2D eigenvalue weighted by Crippen LogP contribution is 2.55. The van der Waals surface area contributed by atoms with Gasteiger partial charge < -0.3 is 4.90 Å². The number of ketones is 1. The average molecular weight is 363 g/mol. The molecule has 0 aromatic carbocycles. The molecule has 3 aliphatic rings. The zero-order valence-electron chi connectivity index (χ0n) is 17.8. The van der Waals surface area contributed by atoms with E-state index in [2.05, 4.69) is 37.5 Å². The molecular weight excluding hydrogens is 320 g/mol. The fourth-order valence-electron chi connectivity index (χ4n) is 5.58. The normalized spacial score (nSPS) is 27.1. The molecule has 0 aromatic rings. The lowest BCUT2D eigenvalue weighted by Gasteiger charge is -2.63. The van der Waals surface area contributed by atoms with Crippen LogP contribution in [0.15, 0.2) is 0 Å². The summed E-state index contributed by atoms with van der Waals surface area (Å²) >= 11 is 0. The van der Waals surface area contributed by atoms with Crippen LogP contribution in [0.4, 0.5) is 0 Å². The van der Waals surface area contributed by atoms with Gasteiger partial charge in [0.2, 0.25) is 0 Å². The van der Waals surface area contributed by atoms with E-state index < -0.39 is 0 Å². The van der Waals surface area contributed by atoms with E-state index in [1.807, 2.05) is 0 Å². The molecule has 3 nitrogen and oxygen atoms in total. The van der Waals surface area contributed by atoms with Crippen molar-refractivity contribution in [2.24, 2.45) is 23.2 Å². The summed E-state index contributed by atoms with van der Waals surface area (Å²) in [6, 6.07) is 0.835. The van der Waals surface area contributed by atoms with Gasteiger partial charge in [0.15, 0.2) is 0 Å². The first-order valence-corrected chi connectivity index (χ1v) is 11.5. The molecule has 3 rings (SSSR count). The van der Waals surface area contributed by atoms with Crippen LogP contribution in [0.5, 0.6) is 0 Å². The summed E-state index contributed by atoms with van der Waals surface area (Å²) in [4.78, 5) is 17.3. The molecular formula is C23H42N2O. The number of rotatable bonds is 9. The Morgan fingerprint density at radius 1 is 1.08 bits per heavy atom. The molecule has 150 valence electrons. The molecule has 2 aliphatic heterocycles. The lowest BCUT2D eigenvalue weighted by atomic mass is 9.54. The van der Waals surface area contributed by atoms with Crippen LogP contribution < -0.4 is 0 Å². The zero-order chi connectivity index (χ0) is 18.7. The second-order valence-electron chi connectivity index (χ2n) is 9.91. The topological polar surface area (TPSA) is 23.6 Å². The van der Waals surface area contributed by atoms with Crippen LogP contribution in [-0.4, -0.2) is 54.3 Å². The van der Waals surface area contributed by atoms with Gasteiger partial charge in [-0.1, -0.05) is 34.1 Å². The summed E-state index contributed by atoms with van der Waals surface area (Å²) in [6.45, 7) is 15.3. The maximum absolute atomic E-state index is 12.0. The zero-order valence-corrected chi connectivity index (χ0v) is 17.8. The Labute approximate surface area is 161 Å². The minimum atomic E-state index is 0.255. The van der Waals surface area contributed by atoms with E-state index in [0.29, 0.717) is 5.78 Å². The average Bonchev–Trinajstić information content (AvgIpc) is 2.59. The van der Waals surface area contributed by atoms with Gasteiger partial charge in [-0.25, -0.2) is 0 Å². The van der Waals surface area contributed by atoms with E-state index in [9.17, 15) is 4.79 Å². The summed E-state index contributed by atoms with van der Waals surface area (Å²) in [5.74, 6) is 2.67. The van der Waals surface area contributed by atoms with Crippen molar-refractivity contribution in [1.82, 2.24) is 9.80 Å². The molecule has 0 aromatic heterocycles. The number of hydrogen-bond acceptors (Lipinski definition) is 3. The third-order valence-corrected chi connectivity index (χ3v) is 8.05. The number of nitrogens with zero attached hydrogens (tertiary/aromatic N) is 2. The minimum Gasteiger partial charge on any atom is -0.303 e. The number of Topliss-reactive ketones (excluding diaryl/α,β-unsaturated/α-hetero) is 1. The van der Waals surface area contributed by atoms with Gasteiger partial charge >= 0.3 is 0 Å². The van der Waals surface area contributed by atoms with Crippen LogP contribution in [0.25, 0.3) is 0 Å². The van der Waals surface area contributed by atoms with Crippen molar-refractivity contribution in [3.05, 3.63) is 0 Å². The Balaban J connectivity index is 1.28. The van der Waals surface area contributed by atoms with Gasteiger partial charge in [-0.15, -0.1) is 0 Å². The number of piperidine rings is 1. The standard InChI is InChI=1S/C23H42N2O/c1-5-18(3)20-14-23(15-20)16-25(17-23)21-9-12-24(13-10-21)11-7-8-22(26)19(4)6-2/h18-21H,5-17H2,1-4H3. The van der Waals surface area contributed by atoms with E-state index in [1.54, 1.807) is 0 Å². The lowest BCUT2D eigenvalue weighted by molar-refractivity contribution is -0.131. The van der Waals surface area contributed by atoms with Crippen molar-refractivity contribution >= 4 is 5.78 Å². The predicted octanol–water partition coefficient (Wildman–Crippen LogP) is 4.60. The highest BCUT2D eigenvalue weighted by Gasteiger charge is 2.54. The Morgan fingerprint density at radius 3 is 2.31 bits per heavy atom. The van der Waals surface area contributed by atoms with Crippen LogP contribution in [0.1, 0.15) is 79.1 Å². The van der Waals surface area contributed by atoms with Gasteiger partial charge in [0.05, 0.1) is 0 Å². The van der Waals surface area contributed by atoms with E-state index in [-0.39, 0.29) is 5.92 Å². The summed E-state index contributed by atoms with van der Waals surface area (Å²) in [6.07, 6.45) is 9.85. The molecule has 0 N–H and O–H groups in total. The Bertz CT molecular complexity index is 455. The summed E-state index contributed by atoms with van der Waals surface area (Å²) < 4.78 is 0. The summed E-state index contributed by atoms with van der Waals surface area (Å²) in [5.41, 5.74) is 0.724. The molecule has 1 aliphatic carbocycles. The maximum atomic E-state index is 12.0. The molecule has 2 heterocycles. The predicted molar refractivity (Wildman–Crippen MR) is 109 cm³/mol. The first-order valence-electron chi connectivity index (χ1n) is 11.5.